The quantitative estimate of drug-likeness (QED) is 0.0945. The van der Waals surface area contributed by atoms with Crippen molar-refractivity contribution in [2.24, 2.45) is 0 Å². The molecule has 18 heteroatoms. The summed E-state index contributed by atoms with van der Waals surface area (Å²) in [5, 5.41) is 27.5. The second-order valence-corrected chi connectivity index (χ2v) is 16.0. The summed E-state index contributed by atoms with van der Waals surface area (Å²) in [6, 6.07) is 26.4. The van der Waals surface area contributed by atoms with Crippen LogP contribution in [-0.4, -0.2) is 72.0 Å². The van der Waals surface area contributed by atoms with Gasteiger partial charge in [-0.3, -0.25) is 14.8 Å². The molecule has 0 radical (unpaired) electrons. The van der Waals surface area contributed by atoms with Crippen molar-refractivity contribution in [3.63, 3.8) is 0 Å². The van der Waals surface area contributed by atoms with Crippen molar-refractivity contribution in [2.45, 2.75) is 26.8 Å². The molecule has 68 heavy (non-hydrogen) atoms. The number of phenolic OH excluding ortho intramolecular Hbond substituents is 2. The smallest absolute Gasteiger partial charge is 0.204 e. The van der Waals surface area contributed by atoms with E-state index in [-0.39, 0.29) is 11.5 Å². The standard InChI is InChI=1S/C25H23Cl2N3O3.C10H12O4.C9H7NO.C6H6Cl2N2/c1-13-7-9-17(24(33-4)23(13)32-3)21(30-25-19(27)12-18(26)14(2)29-25)16-10-8-15-6-5-11-28-20(15)22(16)31;1-12-8-5-4-7(6-11)9(13-2)10(8)14-3;11-8-5-1-3-7-4-2-6-10-9(7)8;1-3-4(7)2-5(8)6(9)10-3/h5-12,21,31H,1-4H3,(H,29,30);4-6H,1-3H3;1-6,11H;2H,1H3,(H2,9,10). The van der Waals surface area contributed by atoms with Crippen molar-refractivity contribution < 1.29 is 38.7 Å². The predicted molar refractivity (Wildman–Crippen MR) is 270 cm³/mol. The van der Waals surface area contributed by atoms with Gasteiger partial charge in [0.2, 0.25) is 5.75 Å². The molecule has 14 nitrogen and oxygen atoms in total. The molecule has 0 spiro atoms. The largest absolute Gasteiger partial charge is 0.506 e. The van der Waals surface area contributed by atoms with Crippen LogP contribution in [0.4, 0.5) is 11.6 Å². The van der Waals surface area contributed by atoms with Gasteiger partial charge in [0.05, 0.1) is 78.6 Å². The summed E-state index contributed by atoms with van der Waals surface area (Å²) < 4.78 is 26.6. The number of aryl methyl sites for hydroxylation is 3. The van der Waals surface area contributed by atoms with Gasteiger partial charge in [-0.1, -0.05) is 94.9 Å². The first-order valence-corrected chi connectivity index (χ1v) is 21.9. The molecule has 1 atom stereocenters. The number of aldehydes is 1. The van der Waals surface area contributed by atoms with Gasteiger partial charge in [0.25, 0.3) is 0 Å². The van der Waals surface area contributed by atoms with Crippen LogP contribution in [0.2, 0.25) is 20.1 Å². The van der Waals surface area contributed by atoms with Crippen molar-refractivity contribution in [3.05, 3.63) is 157 Å². The summed E-state index contributed by atoms with van der Waals surface area (Å²) in [5.41, 5.74) is 10.5. The lowest BCUT2D eigenvalue weighted by Gasteiger charge is -2.25. The third kappa shape index (κ3) is 12.1. The highest BCUT2D eigenvalue weighted by Crippen LogP contribution is 2.45. The Labute approximate surface area is 413 Å². The Kier molecular flexibility index (Phi) is 18.5. The summed E-state index contributed by atoms with van der Waals surface area (Å²) in [6.45, 7) is 5.51. The lowest BCUT2D eigenvalue weighted by Crippen LogP contribution is -2.16. The molecule has 4 aromatic heterocycles. The topological polar surface area (TPSA) is 193 Å². The molecule has 0 saturated carbocycles. The number of ether oxygens (including phenoxy) is 5. The number of carbonyl (C=O) groups excluding carboxylic acids is 1. The zero-order valence-corrected chi connectivity index (χ0v) is 41.2. The molecule has 4 heterocycles. The molecule has 4 aromatic carbocycles. The molecule has 0 saturated heterocycles. The van der Waals surface area contributed by atoms with E-state index < -0.39 is 6.04 Å². The Bertz CT molecular complexity index is 3000. The van der Waals surface area contributed by atoms with Crippen molar-refractivity contribution in [2.75, 3.05) is 46.6 Å². The number of rotatable bonds is 10. The first-order chi connectivity index (χ1) is 32.6. The van der Waals surface area contributed by atoms with Gasteiger partial charge in [-0.15, -0.1) is 0 Å². The first-order valence-electron chi connectivity index (χ1n) is 20.3. The van der Waals surface area contributed by atoms with Gasteiger partial charge in [-0.25, -0.2) is 9.97 Å². The number of nitrogens with one attached hydrogen (secondary N) is 1. The number of aromatic nitrogens is 4. The van der Waals surface area contributed by atoms with Crippen LogP contribution in [0.15, 0.2) is 103 Å². The number of hydrogen-bond acceptors (Lipinski definition) is 14. The maximum absolute atomic E-state index is 11.2. The van der Waals surface area contributed by atoms with Gasteiger partial charge in [0.1, 0.15) is 34.2 Å². The minimum Gasteiger partial charge on any atom is -0.506 e. The van der Waals surface area contributed by atoms with Crippen LogP contribution in [0.25, 0.3) is 21.8 Å². The minimum absolute atomic E-state index is 0.0500. The fraction of sp³-hybridized carbons (Fsp3) is 0.180. The number of carbonyl (C=O) groups is 1. The van der Waals surface area contributed by atoms with Gasteiger partial charge in [0, 0.05) is 34.3 Å². The number of phenols is 2. The summed E-state index contributed by atoms with van der Waals surface area (Å²) in [5.74, 6) is 3.53. The van der Waals surface area contributed by atoms with Crippen LogP contribution in [-0.2, 0) is 0 Å². The van der Waals surface area contributed by atoms with E-state index in [4.69, 9.17) is 75.8 Å². The molecule has 5 N–H and O–H groups in total. The second kappa shape index (κ2) is 24.2. The number of halogens is 4. The van der Waals surface area contributed by atoms with E-state index in [1.54, 1.807) is 76.9 Å². The van der Waals surface area contributed by atoms with Crippen LogP contribution >= 0.6 is 46.4 Å². The van der Waals surface area contributed by atoms with Gasteiger partial charge in [-0.2, -0.15) is 0 Å². The highest BCUT2D eigenvalue weighted by atomic mass is 35.5. The first kappa shape index (κ1) is 52.0. The third-order valence-corrected chi connectivity index (χ3v) is 11.5. The molecule has 0 aliphatic heterocycles. The number of nitrogen functional groups attached to an aromatic ring is 1. The Balaban J connectivity index is 0.000000200. The zero-order chi connectivity index (χ0) is 49.7. The van der Waals surface area contributed by atoms with Crippen LogP contribution in [0.5, 0.6) is 40.2 Å². The average molecular weight is 1000 g/mol. The van der Waals surface area contributed by atoms with Gasteiger partial charge in [0.15, 0.2) is 29.3 Å². The van der Waals surface area contributed by atoms with Crippen molar-refractivity contribution in [1.29, 1.82) is 0 Å². The summed E-state index contributed by atoms with van der Waals surface area (Å²) >= 11 is 24.0. The highest BCUT2D eigenvalue weighted by molar-refractivity contribution is 6.36. The van der Waals surface area contributed by atoms with E-state index in [1.165, 1.54) is 21.3 Å². The van der Waals surface area contributed by atoms with E-state index in [1.807, 2.05) is 61.5 Å². The SMILES string of the molecule is COc1c(C)ccc(C(Nc2nc(C)c(Cl)cc2Cl)c2ccc3cccnc3c2O)c1OC.COc1ccc(C=O)c(OC)c1OC.Cc1nc(N)c(Cl)cc1Cl.Oc1cccc2cccnc12. The molecule has 354 valence electrons. The molecule has 8 rings (SSSR count). The number of aromatic hydroxyl groups is 2. The molecule has 0 bridgehead atoms. The van der Waals surface area contributed by atoms with Crippen LogP contribution < -0.4 is 34.7 Å². The fourth-order valence-electron chi connectivity index (χ4n) is 6.75. The molecule has 0 fully saturated rings. The molecule has 0 amide bonds. The maximum Gasteiger partial charge on any atom is 0.204 e. The number of para-hydroxylation sites is 1. The van der Waals surface area contributed by atoms with Gasteiger partial charge >= 0.3 is 0 Å². The number of anilines is 2. The number of hydrogen-bond donors (Lipinski definition) is 4. The number of nitrogens with zero attached hydrogens (tertiary/aromatic N) is 4. The minimum atomic E-state index is -0.591. The maximum atomic E-state index is 11.2. The molecule has 1 unspecified atom stereocenters. The van der Waals surface area contributed by atoms with Gasteiger partial charge < -0.3 is 44.9 Å². The normalized spacial score (nSPS) is 10.8. The van der Waals surface area contributed by atoms with Crippen LogP contribution in [0.3, 0.4) is 0 Å². The Morgan fingerprint density at radius 2 is 1.18 bits per heavy atom. The number of fused-ring (bicyclic) bond motifs is 2. The van der Waals surface area contributed by atoms with E-state index in [0.29, 0.717) is 100 Å². The number of pyridine rings is 4. The van der Waals surface area contributed by atoms with E-state index in [0.717, 1.165) is 21.9 Å². The molecule has 0 aliphatic rings. The summed E-state index contributed by atoms with van der Waals surface area (Å²) in [6.07, 6.45) is 4.02. The van der Waals surface area contributed by atoms with Crippen molar-refractivity contribution in [1.82, 2.24) is 19.9 Å². The number of methoxy groups -OCH3 is 5. The zero-order valence-electron chi connectivity index (χ0n) is 38.2. The summed E-state index contributed by atoms with van der Waals surface area (Å²) in [7, 11) is 7.67. The van der Waals surface area contributed by atoms with Crippen molar-refractivity contribution in [3.8, 4) is 40.2 Å². The van der Waals surface area contributed by atoms with Crippen molar-refractivity contribution >= 4 is 86.1 Å². The second-order valence-electron chi connectivity index (χ2n) is 14.4. The molecular weight excluding hydrogens is 954 g/mol. The fourth-order valence-corrected chi connectivity index (χ4v) is 7.52. The number of benzene rings is 4. The van der Waals surface area contributed by atoms with E-state index >= 15 is 0 Å². The molecule has 8 aromatic rings. The van der Waals surface area contributed by atoms with E-state index in [2.05, 4.69) is 25.3 Å². The Hall–Kier alpha value is -6.97. The lowest BCUT2D eigenvalue weighted by atomic mass is 9.94. The molecule has 0 aliphatic carbocycles. The monoisotopic (exact) mass is 1000 g/mol. The lowest BCUT2D eigenvalue weighted by molar-refractivity contribution is 0.111. The number of nitrogens with two attached hydrogens (primary N) is 1. The predicted octanol–water partition coefficient (Wildman–Crippen LogP) is 12.2. The molecular formula is C50H48Cl4N6O8. The summed E-state index contributed by atoms with van der Waals surface area (Å²) in [4.78, 5) is 27.5. The Morgan fingerprint density at radius 3 is 1.76 bits per heavy atom. The third-order valence-electron chi connectivity index (χ3n) is 10.1. The highest BCUT2D eigenvalue weighted by Gasteiger charge is 2.27. The van der Waals surface area contributed by atoms with Crippen LogP contribution in [0.1, 0.15) is 44.5 Å². The van der Waals surface area contributed by atoms with Gasteiger partial charge in [-0.05, 0) is 68.8 Å². The van der Waals surface area contributed by atoms with E-state index in [9.17, 15) is 15.0 Å². The van der Waals surface area contributed by atoms with Crippen LogP contribution in [0, 0.1) is 20.8 Å². The average Bonchev–Trinajstić information content (AvgIpc) is 3.34. The Morgan fingerprint density at radius 1 is 0.603 bits per heavy atom.